The SMILES string of the molecule is CC(C)(C)[C@@H](c1ccc(S(C)(=O)=O)cc1)N1CCNCC1.Cl.Cl. The Morgan fingerprint density at radius 3 is 1.91 bits per heavy atom. The Bertz CT molecular complexity index is 577. The Morgan fingerprint density at radius 2 is 1.52 bits per heavy atom. The molecule has 4 nitrogen and oxygen atoms in total. The summed E-state index contributed by atoms with van der Waals surface area (Å²) in [6.45, 7) is 10.8. The van der Waals surface area contributed by atoms with Gasteiger partial charge >= 0.3 is 0 Å². The molecule has 1 aliphatic heterocycles. The molecule has 0 radical (unpaired) electrons. The Morgan fingerprint density at radius 1 is 1.04 bits per heavy atom. The van der Waals surface area contributed by atoms with E-state index in [0.717, 1.165) is 26.2 Å². The maximum Gasteiger partial charge on any atom is 0.175 e. The first kappa shape index (κ1) is 22.7. The molecule has 7 heteroatoms. The molecule has 1 saturated heterocycles. The van der Waals surface area contributed by atoms with Crippen molar-refractivity contribution >= 4 is 34.7 Å². The van der Waals surface area contributed by atoms with Crippen molar-refractivity contribution in [3.63, 3.8) is 0 Å². The summed E-state index contributed by atoms with van der Waals surface area (Å²) in [5.41, 5.74) is 1.29. The summed E-state index contributed by atoms with van der Waals surface area (Å²) in [4.78, 5) is 2.88. The predicted octanol–water partition coefficient (Wildman–Crippen LogP) is 2.93. The number of piperazine rings is 1. The average Bonchev–Trinajstić information content (AvgIpc) is 2.38. The van der Waals surface area contributed by atoms with Gasteiger partial charge in [-0.25, -0.2) is 8.42 Å². The van der Waals surface area contributed by atoms with E-state index in [2.05, 4.69) is 31.0 Å². The van der Waals surface area contributed by atoms with Crippen LogP contribution in [0.1, 0.15) is 32.4 Å². The average molecular weight is 383 g/mol. The fourth-order valence-corrected chi connectivity index (χ4v) is 3.73. The van der Waals surface area contributed by atoms with Gasteiger partial charge in [-0.1, -0.05) is 32.9 Å². The molecular weight excluding hydrogens is 355 g/mol. The van der Waals surface area contributed by atoms with Crippen molar-refractivity contribution in [1.82, 2.24) is 10.2 Å². The lowest BCUT2D eigenvalue weighted by molar-refractivity contribution is 0.0862. The lowest BCUT2D eigenvalue weighted by atomic mass is 9.81. The molecule has 0 saturated carbocycles. The van der Waals surface area contributed by atoms with Gasteiger partial charge in [-0.3, -0.25) is 4.90 Å². The fraction of sp³-hybridized carbons (Fsp3) is 0.625. The summed E-state index contributed by atoms with van der Waals surface area (Å²) >= 11 is 0. The molecule has 1 N–H and O–H groups in total. The number of hydrogen-bond donors (Lipinski definition) is 1. The first-order valence-corrected chi connectivity index (χ1v) is 9.33. The van der Waals surface area contributed by atoms with E-state index in [1.54, 1.807) is 12.1 Å². The highest BCUT2D eigenvalue weighted by Gasteiger charge is 2.32. The second-order valence-electron chi connectivity index (χ2n) is 6.90. The third-order valence-corrected chi connectivity index (χ3v) is 5.09. The minimum absolute atomic E-state index is 0. The zero-order valence-corrected chi connectivity index (χ0v) is 16.7. The Balaban J connectivity index is 0.00000242. The van der Waals surface area contributed by atoms with E-state index in [0.29, 0.717) is 10.9 Å². The van der Waals surface area contributed by atoms with Crippen LogP contribution in [0, 0.1) is 5.41 Å². The highest BCUT2D eigenvalue weighted by molar-refractivity contribution is 7.90. The first-order valence-electron chi connectivity index (χ1n) is 7.44. The van der Waals surface area contributed by atoms with Crippen LogP contribution in [0.5, 0.6) is 0 Å². The van der Waals surface area contributed by atoms with Crippen molar-refractivity contribution in [3.05, 3.63) is 29.8 Å². The van der Waals surface area contributed by atoms with Crippen LogP contribution in [-0.2, 0) is 9.84 Å². The molecule has 1 fully saturated rings. The van der Waals surface area contributed by atoms with E-state index in [1.807, 2.05) is 12.1 Å². The number of sulfone groups is 1. The zero-order chi connectivity index (χ0) is 15.7. The molecule has 1 atom stereocenters. The topological polar surface area (TPSA) is 49.4 Å². The van der Waals surface area contributed by atoms with Crippen molar-refractivity contribution in [3.8, 4) is 0 Å². The van der Waals surface area contributed by atoms with Crippen LogP contribution in [0.25, 0.3) is 0 Å². The highest BCUT2D eigenvalue weighted by atomic mass is 35.5. The van der Waals surface area contributed by atoms with Crippen molar-refractivity contribution in [2.45, 2.75) is 31.7 Å². The van der Waals surface area contributed by atoms with Crippen LogP contribution in [0.3, 0.4) is 0 Å². The largest absolute Gasteiger partial charge is 0.314 e. The Kier molecular flexibility index (Phi) is 8.55. The van der Waals surface area contributed by atoms with Gasteiger partial charge in [0.2, 0.25) is 0 Å². The van der Waals surface area contributed by atoms with Gasteiger partial charge in [-0.05, 0) is 23.1 Å². The standard InChI is InChI=1S/C16H26N2O2S.2ClH/c1-16(2,3)15(18-11-9-17-10-12-18)13-5-7-14(8-6-13)21(4,19)20;;/h5-8,15,17H,9-12H2,1-4H3;2*1H/t15-;;/m1../s1. The molecule has 2 rings (SSSR count). The van der Waals surface area contributed by atoms with Gasteiger partial charge in [0.1, 0.15) is 0 Å². The molecule has 0 spiro atoms. The van der Waals surface area contributed by atoms with Gasteiger partial charge in [-0.15, -0.1) is 24.8 Å². The van der Waals surface area contributed by atoms with Crippen LogP contribution >= 0.6 is 24.8 Å². The minimum atomic E-state index is -3.13. The number of nitrogens with zero attached hydrogens (tertiary/aromatic N) is 1. The van der Waals surface area contributed by atoms with E-state index < -0.39 is 9.84 Å². The molecule has 0 unspecified atom stereocenters. The molecular formula is C16H28Cl2N2O2S. The van der Waals surface area contributed by atoms with Gasteiger partial charge in [-0.2, -0.15) is 0 Å². The van der Waals surface area contributed by atoms with Gasteiger partial charge < -0.3 is 5.32 Å². The molecule has 1 heterocycles. The molecule has 1 aliphatic rings. The maximum atomic E-state index is 11.6. The highest BCUT2D eigenvalue weighted by Crippen LogP contribution is 2.38. The van der Waals surface area contributed by atoms with Crippen LogP contribution in [0.2, 0.25) is 0 Å². The van der Waals surface area contributed by atoms with Crippen molar-refractivity contribution in [2.75, 3.05) is 32.4 Å². The smallest absolute Gasteiger partial charge is 0.175 e. The second-order valence-corrected chi connectivity index (χ2v) is 8.91. The maximum absolute atomic E-state index is 11.6. The summed E-state index contributed by atoms with van der Waals surface area (Å²) in [5, 5.41) is 3.38. The summed E-state index contributed by atoms with van der Waals surface area (Å²) in [6.07, 6.45) is 1.25. The van der Waals surface area contributed by atoms with Crippen LogP contribution in [-0.4, -0.2) is 45.8 Å². The number of benzene rings is 1. The predicted molar refractivity (Wildman–Crippen MR) is 101 cm³/mol. The van der Waals surface area contributed by atoms with Crippen LogP contribution in [0.4, 0.5) is 0 Å². The zero-order valence-electron chi connectivity index (χ0n) is 14.2. The van der Waals surface area contributed by atoms with E-state index in [4.69, 9.17) is 0 Å². The number of halogens is 2. The van der Waals surface area contributed by atoms with E-state index in [-0.39, 0.29) is 30.2 Å². The molecule has 0 aromatic heterocycles. The lowest BCUT2D eigenvalue weighted by Crippen LogP contribution is -2.48. The van der Waals surface area contributed by atoms with E-state index in [9.17, 15) is 8.42 Å². The molecule has 23 heavy (non-hydrogen) atoms. The van der Waals surface area contributed by atoms with Gasteiger partial charge in [0.05, 0.1) is 4.90 Å². The second kappa shape index (κ2) is 8.67. The minimum Gasteiger partial charge on any atom is -0.314 e. The molecule has 0 bridgehead atoms. The summed E-state index contributed by atoms with van der Waals surface area (Å²) in [5.74, 6) is 0. The van der Waals surface area contributed by atoms with Crippen LogP contribution in [0.15, 0.2) is 29.2 Å². The summed E-state index contributed by atoms with van der Waals surface area (Å²) < 4.78 is 23.2. The number of hydrogen-bond acceptors (Lipinski definition) is 4. The first-order chi connectivity index (χ1) is 9.69. The van der Waals surface area contributed by atoms with E-state index >= 15 is 0 Å². The number of nitrogens with one attached hydrogen (secondary N) is 1. The third kappa shape index (κ3) is 5.91. The lowest BCUT2D eigenvalue weighted by Gasteiger charge is -2.42. The van der Waals surface area contributed by atoms with Crippen molar-refractivity contribution in [1.29, 1.82) is 0 Å². The van der Waals surface area contributed by atoms with Gasteiger partial charge in [0.15, 0.2) is 9.84 Å². The Labute approximate surface area is 152 Å². The van der Waals surface area contributed by atoms with Gasteiger partial charge in [0.25, 0.3) is 0 Å². The summed E-state index contributed by atoms with van der Waals surface area (Å²) in [7, 11) is -3.13. The Hall–Kier alpha value is -0.330. The molecule has 0 aliphatic carbocycles. The molecule has 0 amide bonds. The normalized spacial score (nSPS) is 17.7. The van der Waals surface area contributed by atoms with Crippen LogP contribution < -0.4 is 5.32 Å². The molecule has 1 aromatic carbocycles. The fourth-order valence-electron chi connectivity index (χ4n) is 3.10. The van der Waals surface area contributed by atoms with Gasteiger partial charge in [0, 0.05) is 38.5 Å². The molecule has 134 valence electrons. The quantitative estimate of drug-likeness (QED) is 0.872. The third-order valence-electron chi connectivity index (χ3n) is 3.96. The monoisotopic (exact) mass is 382 g/mol. The van der Waals surface area contributed by atoms with Crippen molar-refractivity contribution in [2.24, 2.45) is 5.41 Å². The summed E-state index contributed by atoms with van der Waals surface area (Å²) in [6, 6.07) is 7.69. The van der Waals surface area contributed by atoms with E-state index in [1.165, 1.54) is 11.8 Å². The number of rotatable bonds is 3. The van der Waals surface area contributed by atoms with Crippen molar-refractivity contribution < 1.29 is 8.42 Å². The molecule has 1 aromatic rings.